The molecule has 0 amide bonds. The van der Waals surface area contributed by atoms with E-state index in [0.717, 1.165) is 51.2 Å². The Kier molecular flexibility index (Phi) is 13.3. The number of hydrogen-bond acceptors (Lipinski definition) is 2. The van der Waals surface area contributed by atoms with Gasteiger partial charge in [-0.1, -0.05) is 96.5 Å². The second-order valence-electron chi connectivity index (χ2n) is 16.1. The highest BCUT2D eigenvalue weighted by Gasteiger charge is 2.38. The molecule has 1 saturated heterocycles. The number of amidine groups is 2. The molecule has 0 atom stereocenters. The average molecular weight is 811 g/mol. The third-order valence-corrected chi connectivity index (χ3v) is 10.9. The van der Waals surface area contributed by atoms with Gasteiger partial charge in [-0.3, -0.25) is 0 Å². The van der Waals surface area contributed by atoms with E-state index in [0.29, 0.717) is 37.3 Å². The van der Waals surface area contributed by atoms with Crippen LogP contribution in [-0.2, 0) is 18.8 Å². The Morgan fingerprint density at radius 3 is 1.63 bits per heavy atom. The van der Waals surface area contributed by atoms with Crippen LogP contribution in [0.2, 0.25) is 5.02 Å². The molecule has 0 bridgehead atoms. The number of alkyl halides is 6. The van der Waals surface area contributed by atoms with Gasteiger partial charge in [-0.25, -0.2) is 9.98 Å². The third-order valence-electron chi connectivity index (χ3n) is 10.6. The summed E-state index contributed by atoms with van der Waals surface area (Å²) in [5, 5.41) is 0.256. The van der Waals surface area contributed by atoms with Gasteiger partial charge in [0.2, 0.25) is 0 Å². The van der Waals surface area contributed by atoms with E-state index >= 15 is 0 Å². The van der Waals surface area contributed by atoms with Crippen molar-refractivity contribution in [1.29, 1.82) is 0 Å². The summed E-state index contributed by atoms with van der Waals surface area (Å²) < 4.78 is 85.9. The molecule has 1 fully saturated rings. The molecule has 0 N–H and O–H groups in total. The molecular weight excluding hydrogens is 758 g/mol. The molecule has 4 nitrogen and oxygen atoms in total. The van der Waals surface area contributed by atoms with Gasteiger partial charge in [-0.2, -0.15) is 26.3 Å². The molecule has 0 aliphatic carbocycles. The number of para-hydroxylation sites is 1. The van der Waals surface area contributed by atoms with Gasteiger partial charge < -0.3 is 9.80 Å². The van der Waals surface area contributed by atoms with E-state index in [2.05, 4.69) is 84.6 Å². The van der Waals surface area contributed by atoms with Crippen LogP contribution in [0.15, 0.2) is 70.6 Å². The van der Waals surface area contributed by atoms with E-state index in [1.165, 1.54) is 5.56 Å². The Balaban J connectivity index is 1.79. The van der Waals surface area contributed by atoms with Gasteiger partial charge >= 0.3 is 12.4 Å². The largest absolute Gasteiger partial charge is 0.416 e. The van der Waals surface area contributed by atoms with Gasteiger partial charge in [0.15, 0.2) is 0 Å². The summed E-state index contributed by atoms with van der Waals surface area (Å²) in [5.74, 6) is 1.23. The first-order valence-electron chi connectivity index (χ1n) is 19.6. The highest BCUT2D eigenvalue weighted by molar-refractivity contribution is 6.33. The quantitative estimate of drug-likeness (QED) is 0.101. The third kappa shape index (κ3) is 9.87. The summed E-state index contributed by atoms with van der Waals surface area (Å²) in [4.78, 5) is 14.2. The van der Waals surface area contributed by atoms with Crippen molar-refractivity contribution >= 4 is 34.6 Å². The van der Waals surface area contributed by atoms with Crippen LogP contribution < -0.4 is 0 Å². The molecule has 57 heavy (non-hydrogen) atoms. The second-order valence-corrected chi connectivity index (χ2v) is 16.5. The topological polar surface area (TPSA) is 31.2 Å². The maximum absolute atomic E-state index is 14.3. The lowest BCUT2D eigenvalue weighted by atomic mass is 9.91. The smallest absolute Gasteiger partial charge is 0.338 e. The Hall–Kier alpha value is -4.31. The zero-order chi connectivity index (χ0) is 42.1. The predicted molar refractivity (Wildman–Crippen MR) is 222 cm³/mol. The molecule has 0 saturated carbocycles. The van der Waals surface area contributed by atoms with Gasteiger partial charge in [0, 0.05) is 24.2 Å². The fourth-order valence-electron chi connectivity index (χ4n) is 7.52. The molecule has 306 valence electrons. The van der Waals surface area contributed by atoms with Gasteiger partial charge in [-0.05, 0) is 115 Å². The molecule has 1 heterocycles. The Morgan fingerprint density at radius 1 is 0.667 bits per heavy atom. The number of aryl methyl sites for hydroxylation is 4. The molecule has 5 rings (SSSR count). The van der Waals surface area contributed by atoms with Crippen LogP contribution in [0.5, 0.6) is 0 Å². The molecule has 0 radical (unpaired) electrons. The summed E-state index contributed by atoms with van der Waals surface area (Å²) in [6.45, 7) is 21.6. The lowest BCUT2D eigenvalue weighted by molar-refractivity contribution is -0.143. The fraction of sp³-hybridized carbons (Fsp3) is 0.435. The molecule has 11 heteroatoms. The summed E-state index contributed by atoms with van der Waals surface area (Å²) in [5.41, 5.74) is 5.88. The molecule has 0 aromatic heterocycles. The molecule has 0 spiro atoms. The van der Waals surface area contributed by atoms with Crippen LogP contribution >= 0.6 is 11.6 Å². The number of halogens is 7. The standard InChI is InChI=1S/C46H53ClF6N4/c1-11-32-18-31(10)41(39(47)21-32)54-43(34-22-35(45(48,49)50)24-36(23-34)46(51,52)53)56-16-13-17-57(25-56)44(40-29(8)19-33(26(2)3)20-30(40)9)55-42-37(27(4)5)14-12-15-38(42)28(6)7/h12,14-15,18-24,26-28H,11,13,16-17,25H2,1-10H3. The SMILES string of the molecule is CCc1cc(C)c(N=C(c2cc(C(F)(F)F)cc(C(F)(F)F)c2)N2CCCN(C(=Nc3c(C(C)C)cccc3C(C)C)c3c(C)cc(C(C)C)cc3C)C2)c(Cl)c1. The van der Waals surface area contributed by atoms with Crippen LogP contribution in [0.1, 0.15) is 134 Å². The first-order valence-corrected chi connectivity index (χ1v) is 20.0. The molecule has 1 aliphatic heterocycles. The van der Waals surface area contributed by atoms with E-state index in [1.54, 1.807) is 17.9 Å². The number of aliphatic imine (C=N–C) groups is 2. The van der Waals surface area contributed by atoms with E-state index in [-0.39, 0.29) is 52.6 Å². The van der Waals surface area contributed by atoms with Crippen LogP contribution in [-0.4, -0.2) is 41.2 Å². The van der Waals surface area contributed by atoms with Crippen LogP contribution in [0, 0.1) is 20.8 Å². The highest BCUT2D eigenvalue weighted by atomic mass is 35.5. The summed E-state index contributed by atoms with van der Waals surface area (Å²) >= 11 is 6.78. The molecule has 4 aromatic rings. The van der Waals surface area contributed by atoms with Crippen molar-refractivity contribution in [3.05, 3.63) is 127 Å². The van der Waals surface area contributed by atoms with Gasteiger partial charge in [0.1, 0.15) is 11.7 Å². The highest BCUT2D eigenvalue weighted by Crippen LogP contribution is 2.40. The zero-order valence-electron chi connectivity index (χ0n) is 34.5. The van der Waals surface area contributed by atoms with Gasteiger partial charge in [0.25, 0.3) is 0 Å². The van der Waals surface area contributed by atoms with Crippen molar-refractivity contribution in [1.82, 2.24) is 9.80 Å². The summed E-state index contributed by atoms with van der Waals surface area (Å²) in [6.07, 6.45) is -8.88. The number of rotatable bonds is 8. The van der Waals surface area contributed by atoms with Gasteiger partial charge in [-0.15, -0.1) is 0 Å². The number of hydrogen-bond donors (Lipinski definition) is 0. The average Bonchev–Trinajstić information content (AvgIpc) is 3.12. The molecule has 1 aliphatic rings. The van der Waals surface area contributed by atoms with Crippen molar-refractivity contribution in [3.63, 3.8) is 0 Å². The van der Waals surface area contributed by atoms with E-state index in [4.69, 9.17) is 21.6 Å². The van der Waals surface area contributed by atoms with Crippen molar-refractivity contribution in [2.45, 2.75) is 112 Å². The second kappa shape index (κ2) is 17.3. The normalized spacial score (nSPS) is 14.8. The summed E-state index contributed by atoms with van der Waals surface area (Å²) in [7, 11) is 0. The number of benzene rings is 4. The van der Waals surface area contributed by atoms with E-state index in [1.807, 2.05) is 19.1 Å². The Bertz CT molecular complexity index is 2060. The zero-order valence-corrected chi connectivity index (χ0v) is 35.2. The molecule has 4 aromatic carbocycles. The van der Waals surface area contributed by atoms with Crippen LogP contribution in [0.25, 0.3) is 0 Å². The van der Waals surface area contributed by atoms with Crippen LogP contribution in [0.3, 0.4) is 0 Å². The first-order chi connectivity index (χ1) is 26.6. The molecule has 0 unspecified atom stereocenters. The van der Waals surface area contributed by atoms with Crippen molar-refractivity contribution in [3.8, 4) is 0 Å². The fourth-order valence-corrected chi connectivity index (χ4v) is 7.85. The first kappa shape index (κ1) is 43.8. The predicted octanol–water partition coefficient (Wildman–Crippen LogP) is 14.1. The lowest BCUT2D eigenvalue weighted by Gasteiger charge is -2.40. The monoisotopic (exact) mass is 810 g/mol. The van der Waals surface area contributed by atoms with Crippen molar-refractivity contribution < 1.29 is 26.3 Å². The minimum Gasteiger partial charge on any atom is -0.338 e. The number of nitrogens with zero attached hydrogens (tertiary/aromatic N) is 4. The minimum absolute atomic E-state index is 0.0426. The van der Waals surface area contributed by atoms with E-state index in [9.17, 15) is 26.3 Å². The van der Waals surface area contributed by atoms with E-state index < -0.39 is 23.5 Å². The summed E-state index contributed by atoms with van der Waals surface area (Å²) in [6, 6.07) is 15.8. The minimum atomic E-state index is -5.04. The Morgan fingerprint density at radius 2 is 1.18 bits per heavy atom. The van der Waals surface area contributed by atoms with Crippen molar-refractivity contribution in [2.75, 3.05) is 19.8 Å². The maximum Gasteiger partial charge on any atom is 0.416 e. The lowest BCUT2D eigenvalue weighted by Crippen LogP contribution is -2.50. The van der Waals surface area contributed by atoms with Gasteiger partial charge in [0.05, 0.1) is 34.2 Å². The Labute approximate surface area is 338 Å². The maximum atomic E-state index is 14.3. The van der Waals surface area contributed by atoms with Crippen molar-refractivity contribution in [2.24, 2.45) is 9.98 Å². The molecular formula is C46H53ClF6N4. The van der Waals surface area contributed by atoms with Crippen LogP contribution in [0.4, 0.5) is 37.7 Å².